The highest BCUT2D eigenvalue weighted by Gasteiger charge is 2.65. The number of benzene rings is 1. The number of urea groups is 1. The molecule has 1 heterocycles. The van der Waals surface area contributed by atoms with E-state index in [4.69, 9.17) is 0 Å². The van der Waals surface area contributed by atoms with E-state index in [1.165, 1.54) is 36.7 Å². The molecule has 2 amide bonds. The summed E-state index contributed by atoms with van der Waals surface area (Å²) in [6.07, 6.45) is -5.27. The molecule has 0 spiro atoms. The molecule has 1 fully saturated rings. The van der Waals surface area contributed by atoms with Crippen LogP contribution in [0.15, 0.2) is 24.3 Å². The lowest BCUT2D eigenvalue weighted by Crippen LogP contribution is -2.72. The van der Waals surface area contributed by atoms with E-state index in [0.29, 0.717) is 0 Å². The molecule has 0 aromatic heterocycles. The Hall–Kier alpha value is -2.62. The molecular weight excluding hydrogens is 345 g/mol. The van der Waals surface area contributed by atoms with Crippen molar-refractivity contribution in [3.8, 4) is 0 Å². The minimum atomic E-state index is -5.27. The molecule has 7 nitrogen and oxygen atoms in total. The van der Waals surface area contributed by atoms with Crippen molar-refractivity contribution in [1.82, 2.24) is 10.6 Å². The van der Waals surface area contributed by atoms with E-state index in [0.717, 1.165) is 6.92 Å². The lowest BCUT2D eigenvalue weighted by Gasteiger charge is -2.44. The average Bonchev–Trinajstić information content (AvgIpc) is 2.52. The number of nitrogens with one attached hydrogen (secondary N) is 2. The SMILES string of the molecule is COC(=O)c1ccc([C@H]2NC(=O)N[C@](O)(C(F)(F)F)[C@@H]2C(C)=O)cc1. The van der Waals surface area contributed by atoms with Gasteiger partial charge in [0.2, 0.25) is 5.72 Å². The summed E-state index contributed by atoms with van der Waals surface area (Å²) < 4.78 is 44.4. The number of rotatable bonds is 3. The lowest BCUT2D eigenvalue weighted by atomic mass is 9.79. The number of halogens is 3. The van der Waals surface area contributed by atoms with Crippen molar-refractivity contribution in [1.29, 1.82) is 0 Å². The highest BCUT2D eigenvalue weighted by molar-refractivity contribution is 5.89. The molecular formula is C15H15F3N2O5. The highest BCUT2D eigenvalue weighted by atomic mass is 19.4. The number of aliphatic hydroxyl groups is 1. The molecule has 1 aliphatic rings. The second-order valence-corrected chi connectivity index (χ2v) is 5.54. The molecule has 136 valence electrons. The summed E-state index contributed by atoms with van der Waals surface area (Å²) in [5.74, 6) is -3.65. The van der Waals surface area contributed by atoms with Gasteiger partial charge in [-0.15, -0.1) is 0 Å². The topological polar surface area (TPSA) is 105 Å². The van der Waals surface area contributed by atoms with Gasteiger partial charge in [0.1, 0.15) is 5.78 Å². The van der Waals surface area contributed by atoms with Crippen LogP contribution in [0.1, 0.15) is 28.9 Å². The molecule has 1 saturated heterocycles. The zero-order valence-corrected chi connectivity index (χ0v) is 13.2. The Morgan fingerprint density at radius 3 is 2.24 bits per heavy atom. The van der Waals surface area contributed by atoms with Crippen molar-refractivity contribution >= 4 is 17.8 Å². The maximum absolute atomic E-state index is 13.3. The monoisotopic (exact) mass is 360 g/mol. The molecule has 0 bridgehead atoms. The minimum Gasteiger partial charge on any atom is -0.465 e. The number of Topliss-reactive ketones (excluding diaryl/α,β-unsaturated/α-hetero) is 1. The smallest absolute Gasteiger partial charge is 0.437 e. The van der Waals surface area contributed by atoms with E-state index in [9.17, 15) is 32.7 Å². The van der Waals surface area contributed by atoms with Gasteiger partial charge < -0.3 is 20.5 Å². The number of amides is 2. The van der Waals surface area contributed by atoms with Gasteiger partial charge in [0.25, 0.3) is 0 Å². The Labute approximate surface area is 140 Å². The van der Waals surface area contributed by atoms with Crippen molar-refractivity contribution < 1.29 is 37.4 Å². The van der Waals surface area contributed by atoms with Crippen molar-refractivity contribution in [2.24, 2.45) is 5.92 Å². The first kappa shape index (κ1) is 18.7. The van der Waals surface area contributed by atoms with Crippen molar-refractivity contribution in [3.05, 3.63) is 35.4 Å². The fourth-order valence-corrected chi connectivity index (χ4v) is 2.75. The summed E-state index contributed by atoms with van der Waals surface area (Å²) in [5, 5.41) is 13.6. The third kappa shape index (κ3) is 3.29. The Balaban J connectivity index is 2.48. The molecule has 1 aliphatic heterocycles. The summed E-state index contributed by atoms with van der Waals surface area (Å²) in [7, 11) is 1.17. The molecule has 0 radical (unpaired) electrons. The summed E-state index contributed by atoms with van der Waals surface area (Å²) in [4.78, 5) is 34.9. The van der Waals surface area contributed by atoms with Gasteiger partial charge in [-0.3, -0.25) is 4.79 Å². The first-order chi connectivity index (χ1) is 11.5. The molecule has 3 N–H and O–H groups in total. The molecule has 2 rings (SSSR count). The van der Waals surface area contributed by atoms with Gasteiger partial charge >= 0.3 is 18.2 Å². The number of carbonyl (C=O) groups excluding carboxylic acids is 3. The second kappa shape index (κ2) is 6.36. The normalized spacial score (nSPS) is 26.4. The number of hydrogen-bond acceptors (Lipinski definition) is 5. The summed E-state index contributed by atoms with van der Waals surface area (Å²) in [6.45, 7) is 0.885. The molecule has 1 aromatic rings. The largest absolute Gasteiger partial charge is 0.465 e. The summed E-state index contributed by atoms with van der Waals surface area (Å²) >= 11 is 0. The number of esters is 1. The fraction of sp³-hybridized carbons (Fsp3) is 0.400. The number of ketones is 1. The first-order valence-electron chi connectivity index (χ1n) is 7.07. The Morgan fingerprint density at radius 1 is 1.24 bits per heavy atom. The minimum absolute atomic E-state index is 0.116. The molecule has 0 aliphatic carbocycles. The average molecular weight is 360 g/mol. The van der Waals surface area contributed by atoms with Crippen LogP contribution in [0.3, 0.4) is 0 Å². The maximum Gasteiger partial charge on any atom is 0.437 e. The summed E-state index contributed by atoms with van der Waals surface area (Å²) in [5.41, 5.74) is -3.46. The van der Waals surface area contributed by atoms with Crippen molar-refractivity contribution in [2.45, 2.75) is 24.9 Å². The Bertz CT molecular complexity index is 704. The summed E-state index contributed by atoms with van der Waals surface area (Å²) in [6, 6.07) is 2.38. The predicted molar refractivity (Wildman–Crippen MR) is 77.4 cm³/mol. The zero-order valence-electron chi connectivity index (χ0n) is 13.2. The third-order valence-electron chi connectivity index (χ3n) is 3.94. The predicted octanol–water partition coefficient (Wildman–Crippen LogP) is 1.28. The third-order valence-corrected chi connectivity index (χ3v) is 3.94. The zero-order chi connectivity index (χ0) is 19.0. The van der Waals surface area contributed by atoms with Gasteiger partial charge in [-0.25, -0.2) is 9.59 Å². The van der Waals surface area contributed by atoms with Crippen molar-refractivity contribution in [2.75, 3.05) is 7.11 Å². The van der Waals surface area contributed by atoms with Crippen LogP contribution < -0.4 is 10.6 Å². The lowest BCUT2D eigenvalue weighted by molar-refractivity contribution is -0.290. The van der Waals surface area contributed by atoms with E-state index in [-0.39, 0.29) is 11.1 Å². The second-order valence-electron chi connectivity index (χ2n) is 5.54. The van der Waals surface area contributed by atoms with Crippen LogP contribution in [0.4, 0.5) is 18.0 Å². The van der Waals surface area contributed by atoms with Gasteiger partial charge in [-0.1, -0.05) is 12.1 Å². The molecule has 0 unspecified atom stereocenters. The number of ether oxygens (including phenoxy) is 1. The maximum atomic E-state index is 13.3. The van der Waals surface area contributed by atoms with Crippen molar-refractivity contribution in [3.63, 3.8) is 0 Å². The Kier molecular flexibility index (Phi) is 4.76. The van der Waals surface area contributed by atoms with E-state index in [1.807, 2.05) is 0 Å². The highest BCUT2D eigenvalue weighted by Crippen LogP contribution is 2.42. The van der Waals surface area contributed by atoms with E-state index in [2.05, 4.69) is 10.1 Å². The molecule has 1 aromatic carbocycles. The van der Waals surface area contributed by atoms with Crippen LogP contribution in [0.25, 0.3) is 0 Å². The first-order valence-corrected chi connectivity index (χ1v) is 7.07. The number of carbonyl (C=O) groups is 3. The van der Waals surface area contributed by atoms with E-state index < -0.39 is 41.6 Å². The number of alkyl halides is 3. The quantitative estimate of drug-likeness (QED) is 0.705. The molecule has 0 saturated carbocycles. The fourth-order valence-electron chi connectivity index (χ4n) is 2.75. The van der Waals surface area contributed by atoms with Gasteiger partial charge in [0.15, 0.2) is 0 Å². The van der Waals surface area contributed by atoms with Gasteiger partial charge in [0, 0.05) is 0 Å². The molecule has 3 atom stereocenters. The van der Waals surface area contributed by atoms with Crippen LogP contribution >= 0.6 is 0 Å². The van der Waals surface area contributed by atoms with Crippen LogP contribution in [0.5, 0.6) is 0 Å². The van der Waals surface area contributed by atoms with E-state index >= 15 is 0 Å². The van der Waals surface area contributed by atoms with Crippen LogP contribution in [-0.4, -0.2) is 41.9 Å². The molecule has 25 heavy (non-hydrogen) atoms. The van der Waals surface area contributed by atoms with Crippen LogP contribution in [0.2, 0.25) is 0 Å². The van der Waals surface area contributed by atoms with Crippen LogP contribution in [0, 0.1) is 5.92 Å². The number of methoxy groups -OCH3 is 1. The van der Waals surface area contributed by atoms with Gasteiger partial charge in [-0.2, -0.15) is 13.2 Å². The van der Waals surface area contributed by atoms with Crippen LogP contribution in [-0.2, 0) is 9.53 Å². The van der Waals surface area contributed by atoms with Gasteiger partial charge in [-0.05, 0) is 24.6 Å². The molecule has 10 heteroatoms. The standard InChI is InChI=1S/C15H15F3N2O5/c1-7(21)10-11(8-3-5-9(6-4-8)12(22)25-2)19-13(23)20-14(10,24)15(16,17)18/h3-6,10-11,24H,1-2H3,(H2,19,20,23)/t10-,11-,14-/m1/s1. The number of hydrogen-bond donors (Lipinski definition) is 3. The Morgan fingerprint density at radius 2 is 1.80 bits per heavy atom. The van der Waals surface area contributed by atoms with Gasteiger partial charge in [0.05, 0.1) is 24.6 Å². The van der Waals surface area contributed by atoms with E-state index in [1.54, 1.807) is 0 Å².